The van der Waals surface area contributed by atoms with Crippen LogP contribution in [0.1, 0.15) is 21.6 Å². The molecule has 3 aromatic rings. The lowest BCUT2D eigenvalue weighted by molar-refractivity contribution is -0.385. The summed E-state index contributed by atoms with van der Waals surface area (Å²) in [7, 11) is 0. The van der Waals surface area contributed by atoms with E-state index in [0.29, 0.717) is 11.3 Å². The normalized spacial score (nSPS) is 10.4. The van der Waals surface area contributed by atoms with Gasteiger partial charge in [-0.1, -0.05) is 23.8 Å². The quantitative estimate of drug-likeness (QED) is 0.506. The molecule has 0 saturated carbocycles. The zero-order valence-corrected chi connectivity index (χ0v) is 15.8. The summed E-state index contributed by atoms with van der Waals surface area (Å²) in [5.41, 5.74) is 6.92. The minimum Gasteiger partial charge on any atom is -0.477 e. The van der Waals surface area contributed by atoms with E-state index >= 15 is 0 Å². The number of carbonyl (C=O) groups is 2. The van der Waals surface area contributed by atoms with Gasteiger partial charge >= 0.3 is 5.69 Å². The van der Waals surface area contributed by atoms with Crippen LogP contribution < -0.4 is 15.6 Å². The van der Waals surface area contributed by atoms with E-state index in [1.165, 1.54) is 18.2 Å². The number of nitrogens with zero attached hydrogens (tertiary/aromatic N) is 2. The molecule has 0 unspecified atom stereocenters. The second-order valence-corrected chi connectivity index (χ2v) is 6.33. The van der Waals surface area contributed by atoms with Crippen molar-refractivity contribution in [1.82, 2.24) is 15.8 Å². The second kappa shape index (κ2) is 8.34. The minimum atomic E-state index is -0.668. The van der Waals surface area contributed by atoms with Crippen molar-refractivity contribution in [3.8, 4) is 5.75 Å². The van der Waals surface area contributed by atoms with Gasteiger partial charge in [0.25, 0.3) is 11.8 Å². The predicted molar refractivity (Wildman–Crippen MR) is 105 cm³/mol. The Balaban J connectivity index is 1.62. The molecule has 3 rings (SSSR count). The van der Waals surface area contributed by atoms with Crippen LogP contribution in [0.15, 0.2) is 48.5 Å². The first-order valence-corrected chi connectivity index (χ1v) is 8.68. The molecule has 0 saturated heterocycles. The Bertz CT molecular complexity index is 1110. The molecule has 0 aliphatic rings. The number of nitro benzene ring substituents is 1. The lowest BCUT2D eigenvalue weighted by Gasteiger charge is -2.11. The second-order valence-electron chi connectivity index (χ2n) is 6.33. The Hall–Kier alpha value is -4.01. The van der Waals surface area contributed by atoms with Gasteiger partial charge in [0, 0.05) is 11.5 Å². The van der Waals surface area contributed by atoms with Crippen LogP contribution in [0.3, 0.4) is 0 Å². The van der Waals surface area contributed by atoms with Gasteiger partial charge in [-0.3, -0.25) is 35.5 Å². The lowest BCUT2D eigenvalue weighted by atomic mass is 10.1. The third-order valence-electron chi connectivity index (χ3n) is 4.14. The van der Waals surface area contributed by atoms with Crippen molar-refractivity contribution in [3.63, 3.8) is 0 Å². The highest BCUT2D eigenvalue weighted by Gasteiger charge is 2.16. The number of nitro groups is 1. The van der Waals surface area contributed by atoms with E-state index in [4.69, 9.17) is 4.74 Å². The molecular weight excluding hydrogens is 376 g/mol. The Morgan fingerprint density at radius 2 is 1.86 bits per heavy atom. The highest BCUT2D eigenvalue weighted by atomic mass is 16.6. The highest BCUT2D eigenvalue weighted by molar-refractivity contribution is 5.99. The SMILES string of the molecule is Cc1ccc2nc(C)c(C(=O)NNC(=O)COc3ccccc3[N+](=O)[O-])cc2c1. The number of amides is 2. The van der Waals surface area contributed by atoms with Crippen molar-refractivity contribution in [3.05, 3.63) is 75.5 Å². The molecule has 2 N–H and O–H groups in total. The number of hydrogen-bond donors (Lipinski definition) is 2. The van der Waals surface area contributed by atoms with Gasteiger partial charge in [-0.25, -0.2) is 0 Å². The van der Waals surface area contributed by atoms with Crippen LogP contribution in [-0.2, 0) is 4.79 Å². The van der Waals surface area contributed by atoms with Gasteiger partial charge in [-0.2, -0.15) is 0 Å². The monoisotopic (exact) mass is 394 g/mol. The fraction of sp³-hybridized carbons (Fsp3) is 0.150. The molecule has 0 spiro atoms. The first-order valence-electron chi connectivity index (χ1n) is 8.68. The van der Waals surface area contributed by atoms with E-state index in [1.54, 1.807) is 19.1 Å². The summed E-state index contributed by atoms with van der Waals surface area (Å²) in [6.07, 6.45) is 0. The Morgan fingerprint density at radius 3 is 2.62 bits per heavy atom. The van der Waals surface area contributed by atoms with Gasteiger partial charge in [0.15, 0.2) is 12.4 Å². The van der Waals surface area contributed by atoms with E-state index in [-0.39, 0.29) is 11.4 Å². The van der Waals surface area contributed by atoms with Gasteiger partial charge in [0.05, 0.1) is 21.7 Å². The predicted octanol–water partition coefficient (Wildman–Crippen LogP) is 2.60. The number of aromatic nitrogens is 1. The molecule has 0 radical (unpaired) electrons. The van der Waals surface area contributed by atoms with Crippen molar-refractivity contribution in [1.29, 1.82) is 0 Å². The average molecular weight is 394 g/mol. The number of ether oxygens (including phenoxy) is 1. The summed E-state index contributed by atoms with van der Waals surface area (Å²) >= 11 is 0. The van der Waals surface area contributed by atoms with Crippen molar-refractivity contribution < 1.29 is 19.2 Å². The van der Waals surface area contributed by atoms with E-state index in [0.717, 1.165) is 16.5 Å². The maximum Gasteiger partial charge on any atom is 0.310 e. The van der Waals surface area contributed by atoms with Gasteiger partial charge in [0.2, 0.25) is 0 Å². The van der Waals surface area contributed by atoms with Gasteiger partial charge in [-0.05, 0) is 38.1 Å². The first-order chi connectivity index (χ1) is 13.8. The van der Waals surface area contributed by atoms with E-state index in [9.17, 15) is 19.7 Å². The summed E-state index contributed by atoms with van der Waals surface area (Å²) in [6, 6.07) is 13.1. The number of fused-ring (bicyclic) bond motifs is 1. The van der Waals surface area contributed by atoms with E-state index in [1.807, 2.05) is 25.1 Å². The highest BCUT2D eigenvalue weighted by Crippen LogP contribution is 2.25. The number of benzene rings is 2. The van der Waals surface area contributed by atoms with Crippen molar-refractivity contribution in [2.75, 3.05) is 6.61 Å². The fourth-order valence-electron chi connectivity index (χ4n) is 2.73. The largest absolute Gasteiger partial charge is 0.477 e. The molecule has 0 bridgehead atoms. The van der Waals surface area contributed by atoms with Gasteiger partial charge < -0.3 is 4.74 Å². The topological polar surface area (TPSA) is 123 Å². The molecule has 0 aliphatic heterocycles. The zero-order valence-electron chi connectivity index (χ0n) is 15.8. The summed E-state index contributed by atoms with van der Waals surface area (Å²) in [5, 5.41) is 11.8. The molecule has 29 heavy (non-hydrogen) atoms. The van der Waals surface area contributed by atoms with Crippen LogP contribution in [0.5, 0.6) is 5.75 Å². The maximum atomic E-state index is 12.4. The maximum absolute atomic E-state index is 12.4. The number of pyridine rings is 1. The average Bonchev–Trinajstić information content (AvgIpc) is 2.70. The van der Waals surface area contributed by atoms with Crippen LogP contribution in [-0.4, -0.2) is 28.3 Å². The smallest absolute Gasteiger partial charge is 0.310 e. The van der Waals surface area contributed by atoms with Gasteiger partial charge in [0.1, 0.15) is 0 Å². The zero-order chi connectivity index (χ0) is 21.0. The van der Waals surface area contributed by atoms with Gasteiger partial charge in [-0.15, -0.1) is 0 Å². The molecule has 1 heterocycles. The van der Waals surface area contributed by atoms with E-state index in [2.05, 4.69) is 15.8 Å². The Kier molecular flexibility index (Phi) is 5.68. The minimum absolute atomic E-state index is 0.0380. The molecule has 9 nitrogen and oxygen atoms in total. The van der Waals surface area contributed by atoms with Crippen molar-refractivity contribution >= 4 is 28.4 Å². The van der Waals surface area contributed by atoms with Crippen LogP contribution in [0.4, 0.5) is 5.69 Å². The molecule has 2 amide bonds. The summed E-state index contributed by atoms with van der Waals surface area (Å²) in [6.45, 7) is 3.14. The third-order valence-corrected chi connectivity index (χ3v) is 4.14. The van der Waals surface area contributed by atoms with Crippen LogP contribution in [0.25, 0.3) is 10.9 Å². The Labute approximate surface area is 165 Å². The van der Waals surface area contributed by atoms with Crippen molar-refractivity contribution in [2.45, 2.75) is 13.8 Å². The van der Waals surface area contributed by atoms with Crippen LogP contribution in [0, 0.1) is 24.0 Å². The first kappa shape index (κ1) is 19.7. The molecule has 9 heteroatoms. The molecule has 0 fully saturated rings. The van der Waals surface area contributed by atoms with E-state index < -0.39 is 23.3 Å². The molecule has 148 valence electrons. The number of hydrazine groups is 1. The molecule has 2 aromatic carbocycles. The standard InChI is InChI=1S/C20H18N4O5/c1-12-7-8-16-14(9-12)10-15(13(2)21-16)20(26)23-22-19(25)11-29-18-6-4-3-5-17(18)24(27)28/h3-10H,11H2,1-2H3,(H,22,25)(H,23,26). The molecular formula is C20H18N4O5. The Morgan fingerprint density at radius 1 is 1.10 bits per heavy atom. The number of para-hydroxylation sites is 2. The number of carbonyl (C=O) groups excluding carboxylic acids is 2. The summed E-state index contributed by atoms with van der Waals surface area (Å²) in [4.78, 5) is 39.1. The number of hydrogen-bond acceptors (Lipinski definition) is 6. The number of aryl methyl sites for hydroxylation is 2. The third kappa shape index (κ3) is 4.64. The van der Waals surface area contributed by atoms with Crippen LogP contribution in [0.2, 0.25) is 0 Å². The molecule has 0 atom stereocenters. The number of nitrogens with one attached hydrogen (secondary N) is 2. The fourth-order valence-corrected chi connectivity index (χ4v) is 2.73. The van der Waals surface area contributed by atoms with Crippen molar-refractivity contribution in [2.24, 2.45) is 0 Å². The van der Waals surface area contributed by atoms with Crippen LogP contribution >= 0.6 is 0 Å². The lowest BCUT2D eigenvalue weighted by Crippen LogP contribution is -2.44. The summed E-state index contributed by atoms with van der Waals surface area (Å²) in [5.74, 6) is -1.24. The molecule has 1 aromatic heterocycles. The number of rotatable bonds is 5. The summed E-state index contributed by atoms with van der Waals surface area (Å²) < 4.78 is 5.18. The molecule has 0 aliphatic carbocycles.